The van der Waals surface area contributed by atoms with E-state index >= 15 is 14.4 Å². The monoisotopic (exact) mass is 1630 g/mol. The molecule has 1 aliphatic rings. The van der Waals surface area contributed by atoms with Crippen LogP contribution in [0.5, 0.6) is 0 Å². The van der Waals surface area contributed by atoms with Crippen LogP contribution in [0.1, 0.15) is 127 Å². The van der Waals surface area contributed by atoms with Crippen LogP contribution in [0.4, 0.5) is 0 Å². The Labute approximate surface area is 675 Å². The number of imidazole rings is 1. The smallest absolute Gasteiger partial charge is 0.303 e. The summed E-state index contributed by atoms with van der Waals surface area (Å²) in [6, 6.07) is 6.15. The quantitative estimate of drug-likeness (QED) is 0.0101. The lowest BCUT2D eigenvalue weighted by Gasteiger charge is -2.30. The Bertz CT molecular complexity index is 4190. The number of fused-ring (bicyclic) bond motifs is 1. The number of para-hydroxylation sites is 1. The van der Waals surface area contributed by atoms with Gasteiger partial charge >= 0.3 is 5.97 Å². The van der Waals surface area contributed by atoms with Gasteiger partial charge in [-0.2, -0.15) is 0 Å². The zero-order valence-corrected chi connectivity index (χ0v) is 66.0. The van der Waals surface area contributed by atoms with Crippen molar-refractivity contribution in [3.63, 3.8) is 0 Å². The van der Waals surface area contributed by atoms with Crippen LogP contribution in [0, 0.1) is 11.3 Å². The van der Waals surface area contributed by atoms with Gasteiger partial charge in [0, 0.05) is 81.1 Å². The molecule has 1 aliphatic heterocycles. The average Bonchev–Trinajstić information content (AvgIpc) is 1.72. The van der Waals surface area contributed by atoms with Gasteiger partial charge in [0.05, 0.1) is 26.1 Å². The number of aliphatic hydroxyl groups excluding tert-OH is 2. The van der Waals surface area contributed by atoms with Crippen molar-refractivity contribution in [3.05, 3.63) is 126 Å². The minimum absolute atomic E-state index is 0.00130. The first-order valence-electron chi connectivity index (χ1n) is 38.9. The molecule has 1 unspecified atom stereocenters. The van der Waals surface area contributed by atoms with Gasteiger partial charge in [-0.1, -0.05) is 112 Å². The molecule has 14 amide bonds. The largest absolute Gasteiger partial charge is 0.481 e. The molecule has 3 aromatic carbocycles. The average molecular weight is 1630 g/mol. The Hall–Kier alpha value is -12.4. The Balaban J connectivity index is 1.25. The zero-order valence-electron chi connectivity index (χ0n) is 66.0. The van der Waals surface area contributed by atoms with E-state index < -0.39 is 200 Å². The summed E-state index contributed by atoms with van der Waals surface area (Å²) >= 11 is 0. The van der Waals surface area contributed by atoms with Crippen molar-refractivity contribution >= 4 is 106 Å². The number of carboxylic acids is 1. The number of aromatic nitrogens is 3. The number of nitrogens with two attached hydrogens (primary N) is 3. The molecule has 0 radical (unpaired) electrons. The molecule has 117 heavy (non-hydrogen) atoms. The van der Waals surface area contributed by atoms with Gasteiger partial charge in [-0.25, -0.2) is 4.98 Å². The van der Waals surface area contributed by atoms with Crippen molar-refractivity contribution in [1.29, 1.82) is 5.41 Å². The van der Waals surface area contributed by atoms with E-state index in [9.17, 15) is 72.9 Å². The number of hydrogen-bond acceptors (Lipinski definition) is 20. The van der Waals surface area contributed by atoms with Crippen LogP contribution in [0.25, 0.3) is 10.9 Å². The van der Waals surface area contributed by atoms with Crippen molar-refractivity contribution in [2.45, 2.75) is 203 Å². The van der Waals surface area contributed by atoms with Crippen molar-refractivity contribution in [1.82, 2.24) is 89.0 Å². The van der Waals surface area contributed by atoms with Crippen molar-refractivity contribution in [3.8, 4) is 0 Å². The number of likely N-dealkylation sites (tertiary alicyclic amines) is 1. The minimum Gasteiger partial charge on any atom is -0.481 e. The number of nitrogens with zero attached hydrogens (tertiary/aromatic N) is 2. The second-order valence-corrected chi connectivity index (χ2v) is 28.8. The molecule has 1 saturated heterocycles. The fraction of sp³-hybridized carbons (Fsp3) is 0.500. The Morgan fingerprint density at radius 2 is 1.03 bits per heavy atom. The fourth-order valence-electron chi connectivity index (χ4n) is 13.1. The normalized spacial score (nSPS) is 15.2. The van der Waals surface area contributed by atoms with Crippen molar-refractivity contribution < 1.29 is 87.2 Å². The van der Waals surface area contributed by atoms with E-state index in [1.165, 1.54) is 17.4 Å². The number of rotatable bonds is 50. The number of carboxylic acid groups (broad SMARTS) is 1. The molecule has 636 valence electrons. The first kappa shape index (κ1) is 93.5. The van der Waals surface area contributed by atoms with E-state index in [-0.39, 0.29) is 95.5 Å². The number of aliphatic carboxylic acids is 1. The van der Waals surface area contributed by atoms with Crippen LogP contribution in [-0.4, -0.2) is 242 Å². The van der Waals surface area contributed by atoms with Crippen LogP contribution < -0.4 is 86.3 Å². The molecule has 12 atom stereocenters. The van der Waals surface area contributed by atoms with Crippen LogP contribution in [0.15, 0.2) is 104 Å². The van der Waals surface area contributed by atoms with Gasteiger partial charge < -0.3 is 117 Å². The van der Waals surface area contributed by atoms with E-state index in [1.807, 2.05) is 0 Å². The first-order chi connectivity index (χ1) is 55.9. The summed E-state index contributed by atoms with van der Waals surface area (Å²) in [5.74, 6) is -14.7. The maximum Gasteiger partial charge on any atom is 0.303 e. The number of benzene rings is 3. The van der Waals surface area contributed by atoms with E-state index in [0.29, 0.717) is 53.3 Å². The molecule has 1 fully saturated rings. The van der Waals surface area contributed by atoms with Gasteiger partial charge in [-0.3, -0.25) is 77.3 Å². The molecule has 0 saturated carbocycles. The molecule has 5 aromatic rings. The molecule has 3 heterocycles. The fourth-order valence-corrected chi connectivity index (χ4v) is 13.1. The van der Waals surface area contributed by atoms with Crippen LogP contribution >= 0.6 is 0 Å². The van der Waals surface area contributed by atoms with Gasteiger partial charge in [-0.15, -0.1) is 0 Å². The van der Waals surface area contributed by atoms with Crippen molar-refractivity contribution in [2.24, 2.45) is 23.1 Å². The predicted molar refractivity (Wildman–Crippen MR) is 426 cm³/mol. The minimum atomic E-state index is -1.79. The Morgan fingerprint density at radius 1 is 0.547 bits per heavy atom. The molecule has 39 heteroatoms. The lowest BCUT2D eigenvalue weighted by atomic mass is 10.0. The molecular weight excluding hydrogens is 1520 g/mol. The molecular formula is C78H111N21O18. The maximum absolute atomic E-state index is 15.2. The van der Waals surface area contributed by atoms with Gasteiger partial charge in [-0.05, 0) is 93.0 Å². The zero-order chi connectivity index (χ0) is 85.7. The summed E-state index contributed by atoms with van der Waals surface area (Å²) in [5, 5.41) is 72.2. The van der Waals surface area contributed by atoms with Gasteiger partial charge in [0.15, 0.2) is 5.96 Å². The van der Waals surface area contributed by atoms with Crippen LogP contribution in [0.2, 0.25) is 0 Å². The number of carbonyl (C=O) groups is 15. The number of aromatic amines is 2. The molecule has 6 rings (SSSR count). The van der Waals surface area contributed by atoms with Gasteiger partial charge in [0.2, 0.25) is 82.7 Å². The summed E-state index contributed by atoms with van der Waals surface area (Å²) < 4.78 is 0. The lowest BCUT2D eigenvalue weighted by Crippen LogP contribution is -2.61. The number of guanidine groups is 1. The highest BCUT2D eigenvalue weighted by Gasteiger charge is 2.41. The highest BCUT2D eigenvalue weighted by Crippen LogP contribution is 2.23. The number of unbranched alkanes of at least 4 members (excludes halogenated alkanes) is 2. The molecule has 25 N–H and O–H groups in total. The third kappa shape index (κ3) is 30.7. The van der Waals surface area contributed by atoms with Crippen LogP contribution in [-0.2, 0) is 97.6 Å². The van der Waals surface area contributed by atoms with Gasteiger partial charge in [0.25, 0.3) is 0 Å². The third-order valence-corrected chi connectivity index (χ3v) is 19.4. The van der Waals surface area contributed by atoms with Crippen LogP contribution in [0.3, 0.4) is 0 Å². The summed E-state index contributed by atoms with van der Waals surface area (Å²) in [6.07, 6.45) is 3.98. The highest BCUT2D eigenvalue weighted by molar-refractivity contribution is 6.00. The topological polar surface area (TPSA) is 623 Å². The maximum atomic E-state index is 15.2. The number of amides is 14. The predicted octanol–water partition coefficient (Wildman–Crippen LogP) is -3.81. The second kappa shape index (κ2) is 48.1. The number of H-pyrrole nitrogens is 2. The number of hydrogen-bond donors (Lipinski definition) is 22. The van der Waals surface area contributed by atoms with E-state index in [1.54, 1.807) is 112 Å². The lowest BCUT2D eigenvalue weighted by molar-refractivity contribution is -0.142. The molecule has 0 spiro atoms. The highest BCUT2D eigenvalue weighted by atomic mass is 16.4. The first-order valence-corrected chi connectivity index (χ1v) is 38.9. The summed E-state index contributed by atoms with van der Waals surface area (Å²) in [7, 11) is 0. The standard InChI is InChI=1S/C78H111N21O18/c1-5-6-24-52(91-75(115)61(42-101)97-72(112)57(35-47-21-11-8-12-22-47)94-74(114)60(41-100)88-45(4)102)68(108)92-54(29-30-64(104)105)70(110)96-59(37-49-39-83-43-87-49)73(113)93-56(34-46-19-9-7-10-20-46)71(111)90-53(27-17-32-84-78(81)82)69(109)95-58(36-48-38-85-51-25-14-13-23-50(48)51)67(107)86-40-63(103)89-55(26-15-16-31-79)77(117)99-33-18-28-62(99)76(116)98-65(44(2)3)66(80)106/h7-14,19-23,25,38-39,43-44,52-62,65,85,100-101H,5-6,15-18,24,26-37,40-42,79H2,1-4H3,(H2,80,106)(H,83,87)(H,86,107)(H,88,102)(H,89,103)(H,90,111)(H,91,115)(H,92,108)(H,93,113)(H,94,114)(H,95,109)(H,96,110)(H,97,112)(H,98,116)(H,104,105)(H4,81,82,84)/t52-,53-,54-,55-,56?,57-,58-,59-,60-,61-,62-,65-/m0/s1. The SMILES string of the molecule is CCCC[C@H](NC(=O)[C@H](CO)NC(=O)[C@H](Cc1ccccc1)NC(=O)[C@H](CO)NC(C)=O)C(=O)N[C@@H](CCC(=O)O)C(=O)N[C@@H](Cc1cnc[nH]1)C(=O)NC(Cc1ccccc1)C(=O)N[C@@H](CCCNC(=N)N)C(=O)N[C@@H](Cc1c[nH]c2ccccc12)C(=O)NCC(=O)N[C@@H](CCCCN)C(=O)N1CCC[C@H]1C(=O)N[C@H](C(N)=O)C(C)C. The molecule has 2 aromatic heterocycles. The molecule has 39 nitrogen and oxygen atoms in total. The van der Waals surface area contributed by atoms with Crippen molar-refractivity contribution in [2.75, 3.05) is 39.4 Å². The summed E-state index contributed by atoms with van der Waals surface area (Å²) in [6.45, 7) is 4.08. The van der Waals surface area contributed by atoms with E-state index in [2.05, 4.69) is 84.1 Å². The third-order valence-electron chi connectivity index (χ3n) is 19.4. The number of nitrogens with one attached hydrogen (secondary N) is 16. The number of carbonyl (C=O) groups excluding carboxylic acids is 14. The summed E-state index contributed by atoms with van der Waals surface area (Å²) in [5.41, 5.74) is 19.5. The second-order valence-electron chi connectivity index (χ2n) is 28.8. The van der Waals surface area contributed by atoms with E-state index in [0.717, 1.165) is 6.92 Å². The Morgan fingerprint density at radius 3 is 1.54 bits per heavy atom. The number of aliphatic hydroxyl groups is 2. The summed E-state index contributed by atoms with van der Waals surface area (Å²) in [4.78, 5) is 220. The molecule has 0 aliphatic carbocycles. The molecule has 0 bridgehead atoms. The van der Waals surface area contributed by atoms with Gasteiger partial charge in [0.1, 0.15) is 72.5 Å². The number of primary amides is 1. The van der Waals surface area contributed by atoms with E-state index in [4.69, 9.17) is 22.6 Å². The Kier molecular flexibility index (Phi) is 38.4.